The third-order valence-corrected chi connectivity index (χ3v) is 3.98. The van der Waals surface area contributed by atoms with Crippen molar-refractivity contribution in [3.63, 3.8) is 0 Å². The van der Waals surface area contributed by atoms with E-state index in [1.165, 1.54) is 6.26 Å². The number of furan rings is 1. The Balaban J connectivity index is 1.77. The molecule has 1 aromatic heterocycles. The molecule has 5 nitrogen and oxygen atoms in total. The summed E-state index contributed by atoms with van der Waals surface area (Å²) in [5, 5.41) is 10.4. The summed E-state index contributed by atoms with van der Waals surface area (Å²) in [6.07, 6.45) is 3.72. The van der Waals surface area contributed by atoms with Crippen molar-refractivity contribution in [2.24, 2.45) is 0 Å². The van der Waals surface area contributed by atoms with Gasteiger partial charge in [0.05, 0.1) is 31.2 Å². The quantitative estimate of drug-likeness (QED) is 0.886. The molecule has 1 unspecified atom stereocenters. The van der Waals surface area contributed by atoms with Gasteiger partial charge in [-0.25, -0.2) is 0 Å². The molecule has 126 valence electrons. The smallest absolute Gasteiger partial charge is 0.253 e. The summed E-state index contributed by atoms with van der Waals surface area (Å²) >= 11 is 0. The van der Waals surface area contributed by atoms with Crippen LogP contribution in [0.1, 0.15) is 30.3 Å². The van der Waals surface area contributed by atoms with Gasteiger partial charge >= 0.3 is 0 Å². The predicted octanol–water partition coefficient (Wildman–Crippen LogP) is 3.04. The van der Waals surface area contributed by atoms with Gasteiger partial charge in [-0.1, -0.05) is 30.3 Å². The zero-order valence-electron chi connectivity index (χ0n) is 13.4. The highest BCUT2D eigenvalue weighted by molar-refractivity contribution is 5.93. The highest BCUT2D eigenvalue weighted by atomic mass is 16.5. The molecular weight excluding hydrogens is 306 g/mol. The number of aliphatic hydroxyl groups excluding tert-OH is 1. The van der Waals surface area contributed by atoms with Crippen molar-refractivity contribution in [2.75, 3.05) is 13.2 Å². The molecule has 0 saturated carbocycles. The molecule has 0 spiro atoms. The molecule has 3 rings (SSSR count). The molecule has 0 fully saturated rings. The van der Waals surface area contributed by atoms with Gasteiger partial charge in [-0.15, -0.1) is 0 Å². The van der Waals surface area contributed by atoms with E-state index in [9.17, 15) is 9.90 Å². The number of hydrogen-bond donors (Lipinski definition) is 1. The van der Waals surface area contributed by atoms with Crippen LogP contribution in [-0.4, -0.2) is 29.1 Å². The monoisotopic (exact) mass is 327 g/mol. The number of carbonyl (C=O) groups is 1. The van der Waals surface area contributed by atoms with E-state index in [-0.39, 0.29) is 12.5 Å². The minimum absolute atomic E-state index is 0.107. The molecule has 2 heterocycles. The largest absolute Gasteiger partial charge is 0.501 e. The fourth-order valence-corrected chi connectivity index (χ4v) is 2.73. The Hall–Kier alpha value is -2.53. The van der Waals surface area contributed by atoms with Crippen LogP contribution in [0.2, 0.25) is 0 Å². The number of aliphatic hydroxyl groups is 1. The third-order valence-electron chi connectivity index (χ3n) is 3.98. The maximum Gasteiger partial charge on any atom is 0.253 e. The van der Waals surface area contributed by atoms with Crippen LogP contribution in [0.15, 0.2) is 65.0 Å². The van der Waals surface area contributed by atoms with Crippen LogP contribution in [0.5, 0.6) is 0 Å². The first kappa shape index (κ1) is 16.3. The second-order valence-corrected chi connectivity index (χ2v) is 5.82. The first-order valence-electron chi connectivity index (χ1n) is 8.09. The summed E-state index contributed by atoms with van der Waals surface area (Å²) in [6.45, 7) is 1.23. The molecule has 2 aromatic rings. The minimum Gasteiger partial charge on any atom is -0.501 e. The van der Waals surface area contributed by atoms with Gasteiger partial charge in [0.1, 0.15) is 11.9 Å². The van der Waals surface area contributed by atoms with E-state index in [0.29, 0.717) is 30.9 Å². The molecule has 5 heteroatoms. The van der Waals surface area contributed by atoms with Gasteiger partial charge in [0.25, 0.3) is 5.91 Å². The molecule has 0 bridgehead atoms. The number of rotatable bonds is 6. The molecule has 1 aliphatic rings. The van der Waals surface area contributed by atoms with Crippen molar-refractivity contribution >= 4 is 5.91 Å². The summed E-state index contributed by atoms with van der Waals surface area (Å²) in [7, 11) is 0. The predicted molar refractivity (Wildman–Crippen MR) is 88.8 cm³/mol. The molecule has 0 radical (unpaired) electrons. The van der Waals surface area contributed by atoms with E-state index in [4.69, 9.17) is 9.15 Å². The summed E-state index contributed by atoms with van der Waals surface area (Å²) in [5.41, 5.74) is 1.65. The summed E-state index contributed by atoms with van der Waals surface area (Å²) in [6, 6.07) is 13.2. The fraction of sp³-hybridized carbons (Fsp3) is 0.316. The molecule has 0 saturated heterocycles. The Morgan fingerprint density at radius 3 is 2.71 bits per heavy atom. The molecule has 1 aromatic carbocycles. The lowest BCUT2D eigenvalue weighted by Gasteiger charge is -2.27. The second kappa shape index (κ2) is 7.84. The molecule has 1 amide bonds. The van der Waals surface area contributed by atoms with Crippen LogP contribution in [0.4, 0.5) is 0 Å². The van der Waals surface area contributed by atoms with Gasteiger partial charge in [0.15, 0.2) is 0 Å². The van der Waals surface area contributed by atoms with Crippen molar-refractivity contribution < 1.29 is 19.1 Å². The van der Waals surface area contributed by atoms with Crippen LogP contribution >= 0.6 is 0 Å². The highest BCUT2D eigenvalue weighted by Gasteiger charge is 2.24. The van der Waals surface area contributed by atoms with Gasteiger partial charge in [0, 0.05) is 6.54 Å². The minimum atomic E-state index is -0.863. The van der Waals surface area contributed by atoms with E-state index in [1.54, 1.807) is 23.3 Å². The second-order valence-electron chi connectivity index (χ2n) is 5.82. The molecule has 1 aliphatic heterocycles. The van der Waals surface area contributed by atoms with Gasteiger partial charge in [0.2, 0.25) is 0 Å². The van der Waals surface area contributed by atoms with E-state index >= 15 is 0 Å². The van der Waals surface area contributed by atoms with Gasteiger partial charge in [-0.05, 0) is 30.5 Å². The molecule has 0 aliphatic carbocycles. The van der Waals surface area contributed by atoms with Crippen molar-refractivity contribution in [3.8, 4) is 0 Å². The normalized spacial score (nSPS) is 15.3. The van der Waals surface area contributed by atoms with Gasteiger partial charge < -0.3 is 19.2 Å². The van der Waals surface area contributed by atoms with Crippen molar-refractivity contribution in [2.45, 2.75) is 25.5 Å². The summed E-state index contributed by atoms with van der Waals surface area (Å²) in [5.74, 6) is 0.346. The third kappa shape index (κ3) is 4.06. The Labute approximate surface area is 141 Å². The van der Waals surface area contributed by atoms with Crippen molar-refractivity contribution in [3.05, 3.63) is 71.9 Å². The molecular formula is C19H21NO4. The maximum absolute atomic E-state index is 12.8. The van der Waals surface area contributed by atoms with Crippen LogP contribution in [-0.2, 0) is 16.1 Å². The van der Waals surface area contributed by atoms with Crippen molar-refractivity contribution in [1.82, 2.24) is 4.90 Å². The van der Waals surface area contributed by atoms with Crippen molar-refractivity contribution in [1.29, 1.82) is 0 Å². The lowest BCUT2D eigenvalue weighted by molar-refractivity contribution is -0.130. The summed E-state index contributed by atoms with van der Waals surface area (Å²) in [4.78, 5) is 14.5. The zero-order valence-corrected chi connectivity index (χ0v) is 13.4. The Bertz CT molecular complexity index is 679. The van der Waals surface area contributed by atoms with Gasteiger partial charge in [-0.2, -0.15) is 0 Å². The standard InChI is InChI=1S/C19H21NO4/c21-17(18-9-5-11-24-18)13-20(12-15-6-2-1-3-7-15)19(22)16-8-4-10-23-14-16/h1-3,5-7,9,11,14,17,21H,4,8,10,12-13H2. The average molecular weight is 327 g/mol. The highest BCUT2D eigenvalue weighted by Crippen LogP contribution is 2.21. The Morgan fingerprint density at radius 2 is 2.04 bits per heavy atom. The first-order valence-corrected chi connectivity index (χ1v) is 8.09. The molecule has 24 heavy (non-hydrogen) atoms. The topological polar surface area (TPSA) is 62.9 Å². The Morgan fingerprint density at radius 1 is 1.21 bits per heavy atom. The molecule has 1 N–H and O–H groups in total. The van der Waals surface area contributed by atoms with Gasteiger partial charge in [-0.3, -0.25) is 4.79 Å². The number of carbonyl (C=O) groups excluding carboxylic acids is 1. The SMILES string of the molecule is O=C(C1=COCCC1)N(Cc1ccccc1)CC(O)c1ccco1. The van der Waals surface area contributed by atoms with E-state index in [2.05, 4.69) is 0 Å². The van der Waals surface area contributed by atoms with E-state index in [0.717, 1.165) is 12.0 Å². The van der Waals surface area contributed by atoms with Crippen LogP contribution < -0.4 is 0 Å². The lowest BCUT2D eigenvalue weighted by atomic mass is 10.1. The number of nitrogens with zero attached hydrogens (tertiary/aromatic N) is 1. The lowest BCUT2D eigenvalue weighted by Crippen LogP contribution is -2.35. The fourth-order valence-electron chi connectivity index (χ4n) is 2.73. The number of benzene rings is 1. The number of amides is 1. The Kier molecular flexibility index (Phi) is 5.33. The number of ether oxygens (including phenoxy) is 1. The van der Waals surface area contributed by atoms with Crippen LogP contribution in [0.25, 0.3) is 0 Å². The van der Waals surface area contributed by atoms with Crippen LogP contribution in [0, 0.1) is 0 Å². The summed E-state index contributed by atoms with van der Waals surface area (Å²) < 4.78 is 10.5. The first-order chi connectivity index (χ1) is 11.7. The van der Waals surface area contributed by atoms with E-state index in [1.807, 2.05) is 30.3 Å². The number of hydrogen-bond acceptors (Lipinski definition) is 4. The zero-order chi connectivity index (χ0) is 16.8. The molecule has 1 atom stereocenters. The average Bonchev–Trinajstić information content (AvgIpc) is 3.17. The maximum atomic E-state index is 12.8. The van der Waals surface area contributed by atoms with Crippen LogP contribution in [0.3, 0.4) is 0 Å². The van der Waals surface area contributed by atoms with E-state index < -0.39 is 6.10 Å².